The van der Waals surface area contributed by atoms with E-state index in [1.165, 1.54) is 12.8 Å². The Morgan fingerprint density at radius 2 is 2.05 bits per heavy atom. The average Bonchev–Trinajstić information content (AvgIpc) is 3.15. The lowest BCUT2D eigenvalue weighted by molar-refractivity contribution is 0.260. The summed E-state index contributed by atoms with van der Waals surface area (Å²) in [6, 6.07) is 5.77. The molecule has 1 aromatic rings. The molecular weight excluding hydrogens is 239 g/mol. The first-order chi connectivity index (χ1) is 8.98. The van der Waals surface area contributed by atoms with E-state index in [1.807, 2.05) is 6.92 Å². The Morgan fingerprint density at radius 3 is 2.68 bits per heavy atom. The molecule has 1 saturated heterocycles. The number of rotatable bonds is 2. The molecule has 1 aliphatic carbocycles. The molecule has 1 aliphatic heterocycles. The highest BCUT2D eigenvalue weighted by Crippen LogP contribution is 2.42. The molecule has 0 spiro atoms. The standard InChI is InChI=1S/C16H23FN2/c1-11-6-14(17)8-15(7-11)19-10-16(3,13-4-5-13)18-9-12(19)2/h6-8,12-13,18H,4-5,9-10H2,1-3H3. The third kappa shape index (κ3) is 2.48. The molecule has 2 fully saturated rings. The fourth-order valence-corrected chi connectivity index (χ4v) is 3.28. The van der Waals surface area contributed by atoms with E-state index in [0.29, 0.717) is 6.04 Å². The van der Waals surface area contributed by atoms with Crippen molar-refractivity contribution in [2.24, 2.45) is 5.92 Å². The van der Waals surface area contributed by atoms with Crippen LogP contribution in [-0.4, -0.2) is 24.7 Å². The lowest BCUT2D eigenvalue weighted by Gasteiger charge is -2.47. The zero-order chi connectivity index (χ0) is 13.6. The minimum atomic E-state index is -0.131. The maximum atomic E-state index is 13.6. The fourth-order valence-electron chi connectivity index (χ4n) is 3.28. The van der Waals surface area contributed by atoms with Crippen LogP contribution in [0, 0.1) is 18.7 Å². The Balaban J connectivity index is 1.88. The van der Waals surface area contributed by atoms with E-state index in [4.69, 9.17) is 0 Å². The van der Waals surface area contributed by atoms with Crippen molar-refractivity contribution in [2.45, 2.75) is 45.2 Å². The van der Waals surface area contributed by atoms with Gasteiger partial charge >= 0.3 is 0 Å². The number of hydrogen-bond donors (Lipinski definition) is 1. The number of halogens is 1. The smallest absolute Gasteiger partial charge is 0.125 e. The normalized spacial score (nSPS) is 31.6. The molecule has 3 heteroatoms. The van der Waals surface area contributed by atoms with Gasteiger partial charge in [0.25, 0.3) is 0 Å². The number of nitrogens with one attached hydrogen (secondary N) is 1. The van der Waals surface area contributed by atoms with Crippen LogP contribution in [0.15, 0.2) is 18.2 Å². The van der Waals surface area contributed by atoms with Gasteiger partial charge in [0.15, 0.2) is 0 Å². The van der Waals surface area contributed by atoms with Gasteiger partial charge in [-0.1, -0.05) is 0 Å². The summed E-state index contributed by atoms with van der Waals surface area (Å²) >= 11 is 0. The first-order valence-electron chi connectivity index (χ1n) is 7.27. The van der Waals surface area contributed by atoms with Crippen molar-refractivity contribution in [3.05, 3.63) is 29.6 Å². The second-order valence-electron chi connectivity index (χ2n) is 6.54. The highest BCUT2D eigenvalue weighted by atomic mass is 19.1. The topological polar surface area (TPSA) is 15.3 Å². The van der Waals surface area contributed by atoms with Crippen molar-refractivity contribution in [1.29, 1.82) is 0 Å². The van der Waals surface area contributed by atoms with Crippen molar-refractivity contribution < 1.29 is 4.39 Å². The van der Waals surface area contributed by atoms with E-state index < -0.39 is 0 Å². The Hall–Kier alpha value is -1.09. The molecule has 0 aromatic heterocycles. The van der Waals surface area contributed by atoms with E-state index >= 15 is 0 Å². The van der Waals surface area contributed by atoms with Gasteiger partial charge in [-0.05, 0) is 63.3 Å². The van der Waals surface area contributed by atoms with Crippen molar-refractivity contribution in [3.63, 3.8) is 0 Å². The van der Waals surface area contributed by atoms with Gasteiger partial charge in [0.2, 0.25) is 0 Å². The number of anilines is 1. The van der Waals surface area contributed by atoms with Crippen molar-refractivity contribution in [1.82, 2.24) is 5.32 Å². The minimum absolute atomic E-state index is 0.131. The van der Waals surface area contributed by atoms with E-state index in [2.05, 4.69) is 30.1 Å². The molecule has 0 amide bonds. The van der Waals surface area contributed by atoms with Crippen LogP contribution < -0.4 is 10.2 Å². The van der Waals surface area contributed by atoms with E-state index in [1.54, 1.807) is 12.1 Å². The largest absolute Gasteiger partial charge is 0.366 e. The molecule has 1 N–H and O–H groups in total. The van der Waals surface area contributed by atoms with Gasteiger partial charge in [-0.3, -0.25) is 0 Å². The zero-order valence-corrected chi connectivity index (χ0v) is 12.0. The third-order valence-electron chi connectivity index (χ3n) is 4.67. The molecule has 1 saturated carbocycles. The number of piperazine rings is 1. The number of benzene rings is 1. The molecule has 19 heavy (non-hydrogen) atoms. The van der Waals surface area contributed by atoms with Gasteiger partial charge in [-0.15, -0.1) is 0 Å². The van der Waals surface area contributed by atoms with Crippen LogP contribution in [0.2, 0.25) is 0 Å². The van der Waals surface area contributed by atoms with E-state index in [9.17, 15) is 4.39 Å². The lowest BCUT2D eigenvalue weighted by atomic mass is 9.90. The molecule has 104 valence electrons. The first-order valence-corrected chi connectivity index (χ1v) is 7.27. The minimum Gasteiger partial charge on any atom is -0.366 e. The number of aryl methyl sites for hydroxylation is 1. The zero-order valence-electron chi connectivity index (χ0n) is 12.0. The van der Waals surface area contributed by atoms with E-state index in [-0.39, 0.29) is 11.4 Å². The first kappa shape index (κ1) is 12.9. The second-order valence-corrected chi connectivity index (χ2v) is 6.54. The van der Waals surface area contributed by atoms with Gasteiger partial charge in [-0.2, -0.15) is 0 Å². The number of nitrogens with zero attached hydrogens (tertiary/aromatic N) is 1. The highest BCUT2D eigenvalue weighted by Gasteiger charge is 2.45. The van der Waals surface area contributed by atoms with Crippen LogP contribution in [0.25, 0.3) is 0 Å². The van der Waals surface area contributed by atoms with Crippen molar-refractivity contribution in [2.75, 3.05) is 18.0 Å². The molecule has 1 heterocycles. The highest BCUT2D eigenvalue weighted by molar-refractivity contribution is 5.51. The lowest BCUT2D eigenvalue weighted by Crippen LogP contribution is -2.63. The predicted octanol–water partition coefficient (Wildman–Crippen LogP) is 3.10. The van der Waals surface area contributed by atoms with Gasteiger partial charge in [0, 0.05) is 30.4 Å². The fraction of sp³-hybridized carbons (Fsp3) is 0.625. The quantitative estimate of drug-likeness (QED) is 0.881. The van der Waals surface area contributed by atoms with Crippen LogP contribution in [0.1, 0.15) is 32.3 Å². The molecule has 2 nitrogen and oxygen atoms in total. The Labute approximate surface area is 115 Å². The molecule has 2 atom stereocenters. The molecule has 0 bridgehead atoms. The molecule has 0 radical (unpaired) electrons. The molecule has 2 aliphatic rings. The summed E-state index contributed by atoms with van der Waals surface area (Å²) in [6.07, 6.45) is 2.65. The van der Waals surface area contributed by atoms with Crippen molar-refractivity contribution >= 4 is 5.69 Å². The summed E-state index contributed by atoms with van der Waals surface area (Å²) in [5.41, 5.74) is 2.21. The molecule has 1 aromatic carbocycles. The molecular formula is C16H23FN2. The third-order valence-corrected chi connectivity index (χ3v) is 4.67. The van der Waals surface area contributed by atoms with Gasteiger partial charge in [-0.25, -0.2) is 4.39 Å². The summed E-state index contributed by atoms with van der Waals surface area (Å²) in [6.45, 7) is 8.43. The summed E-state index contributed by atoms with van der Waals surface area (Å²) in [4.78, 5) is 2.37. The number of hydrogen-bond acceptors (Lipinski definition) is 2. The maximum Gasteiger partial charge on any atom is 0.125 e. The second kappa shape index (κ2) is 4.48. The average molecular weight is 262 g/mol. The maximum absolute atomic E-state index is 13.6. The van der Waals surface area contributed by atoms with Crippen LogP contribution >= 0.6 is 0 Å². The van der Waals surface area contributed by atoms with Gasteiger partial charge < -0.3 is 10.2 Å². The summed E-state index contributed by atoms with van der Waals surface area (Å²) in [7, 11) is 0. The van der Waals surface area contributed by atoms with Gasteiger partial charge in [0.1, 0.15) is 5.82 Å². The van der Waals surface area contributed by atoms with Gasteiger partial charge in [0.05, 0.1) is 0 Å². The predicted molar refractivity (Wildman–Crippen MR) is 77.1 cm³/mol. The molecule has 2 unspecified atom stereocenters. The summed E-state index contributed by atoms with van der Waals surface area (Å²) in [5, 5.41) is 3.70. The van der Waals surface area contributed by atoms with Crippen LogP contribution in [0.4, 0.5) is 10.1 Å². The van der Waals surface area contributed by atoms with Crippen LogP contribution in [0.5, 0.6) is 0 Å². The summed E-state index contributed by atoms with van der Waals surface area (Å²) < 4.78 is 13.6. The Bertz CT molecular complexity index is 463. The van der Waals surface area contributed by atoms with Crippen molar-refractivity contribution in [3.8, 4) is 0 Å². The Morgan fingerprint density at radius 1 is 1.32 bits per heavy atom. The Kier molecular flexibility index (Phi) is 3.05. The summed E-state index contributed by atoms with van der Waals surface area (Å²) in [5.74, 6) is 0.658. The molecule has 3 rings (SSSR count). The SMILES string of the molecule is Cc1cc(F)cc(N2CC(C)(C3CC3)NCC2C)c1. The monoisotopic (exact) mass is 262 g/mol. The van der Waals surface area contributed by atoms with E-state index in [0.717, 1.165) is 30.3 Å². The van der Waals surface area contributed by atoms with Crippen LogP contribution in [-0.2, 0) is 0 Å². The van der Waals surface area contributed by atoms with Crippen LogP contribution in [0.3, 0.4) is 0 Å².